The van der Waals surface area contributed by atoms with Gasteiger partial charge in [-0.25, -0.2) is 4.68 Å². The van der Waals surface area contributed by atoms with Gasteiger partial charge in [-0.15, -0.1) is 4.99 Å². The molecule has 3 N–H and O–H groups in total. The van der Waals surface area contributed by atoms with Gasteiger partial charge >= 0.3 is 6.55 Å². The van der Waals surface area contributed by atoms with E-state index in [0.29, 0.717) is 21.1 Å². The molecule has 9 nitrogen and oxygen atoms in total. The first-order valence-corrected chi connectivity index (χ1v) is 9.63. The molecule has 0 radical (unpaired) electrons. The Bertz CT molecular complexity index is 1220. The maximum Gasteiger partial charge on any atom is 0.333 e. The number of nitrogens with two attached hydrogens (primary N) is 1. The lowest BCUT2D eigenvalue weighted by atomic mass is 10.0. The minimum atomic E-state index is -2.92. The molecule has 0 bridgehead atoms. The molecule has 4 aromatic rings. The van der Waals surface area contributed by atoms with Crippen LogP contribution in [0.25, 0.3) is 22.2 Å². The van der Waals surface area contributed by atoms with Gasteiger partial charge in [-0.3, -0.25) is 9.48 Å². The molecule has 32 heavy (non-hydrogen) atoms. The molecule has 1 amide bonds. The third-order valence-corrected chi connectivity index (χ3v) is 4.82. The van der Waals surface area contributed by atoms with E-state index in [1.54, 1.807) is 36.1 Å². The minimum Gasteiger partial charge on any atom is -0.324 e. The fraction of sp³-hybridized carbons (Fsp3) is 0.190. The zero-order chi connectivity index (χ0) is 22.7. The number of aromatic nitrogens is 4. The number of alkyl halides is 2. The van der Waals surface area contributed by atoms with Crippen molar-refractivity contribution in [2.24, 2.45) is 12.9 Å². The van der Waals surface area contributed by atoms with Gasteiger partial charge in [-0.2, -0.15) is 29.8 Å². The zero-order valence-electron chi connectivity index (χ0n) is 17.0. The first-order valence-electron chi connectivity index (χ1n) is 9.63. The number of rotatable bonds is 8. The lowest BCUT2D eigenvalue weighted by Crippen LogP contribution is -2.39. The van der Waals surface area contributed by atoms with E-state index in [9.17, 15) is 13.6 Å². The molecule has 2 aromatic heterocycles. The number of carbonyl (C=O) groups excluding carboxylic acids is 1. The average molecular weight is 442 g/mol. The van der Waals surface area contributed by atoms with Crippen LogP contribution in [0.4, 0.5) is 8.78 Å². The Morgan fingerprint density at radius 3 is 2.62 bits per heavy atom. The molecule has 166 valence electrons. The van der Waals surface area contributed by atoms with Gasteiger partial charge in [-0.05, 0) is 11.6 Å². The van der Waals surface area contributed by atoms with Crippen LogP contribution in [-0.4, -0.2) is 31.7 Å². The van der Waals surface area contributed by atoms with Crippen molar-refractivity contribution in [1.82, 2.24) is 24.9 Å². The highest BCUT2D eigenvalue weighted by atomic mass is 19.3. The van der Waals surface area contributed by atoms with Gasteiger partial charge in [-0.1, -0.05) is 42.5 Å². The first-order chi connectivity index (χ1) is 15.5. The van der Waals surface area contributed by atoms with Crippen molar-refractivity contribution in [1.29, 1.82) is 0 Å². The van der Waals surface area contributed by atoms with E-state index in [4.69, 9.17) is 10.8 Å². The molecule has 1 unspecified atom stereocenters. The van der Waals surface area contributed by atoms with Crippen LogP contribution in [0, 0.1) is 0 Å². The Morgan fingerprint density at radius 2 is 1.91 bits per heavy atom. The van der Waals surface area contributed by atoms with Crippen LogP contribution in [0.1, 0.15) is 22.5 Å². The zero-order valence-corrected chi connectivity index (χ0v) is 17.0. The molecular formula is C21H20F2N6O3. The summed E-state index contributed by atoms with van der Waals surface area (Å²) in [5.41, 5.74) is 2.02. The Morgan fingerprint density at radius 1 is 1.12 bits per heavy atom. The van der Waals surface area contributed by atoms with E-state index in [0.717, 1.165) is 11.8 Å². The van der Waals surface area contributed by atoms with Gasteiger partial charge in [0.15, 0.2) is 6.23 Å². The van der Waals surface area contributed by atoms with E-state index in [1.807, 2.05) is 30.3 Å². The maximum absolute atomic E-state index is 13.4. The van der Waals surface area contributed by atoms with Crippen LogP contribution in [0.2, 0.25) is 0 Å². The number of nitrogens with zero attached hydrogens (tertiary/aromatic N) is 4. The molecule has 0 aliphatic heterocycles. The number of nitrogens with one attached hydrogen (secondary N) is 1. The average Bonchev–Trinajstić information content (AvgIpc) is 3.37. The number of amides is 1. The second-order valence-corrected chi connectivity index (χ2v) is 7.03. The van der Waals surface area contributed by atoms with E-state index >= 15 is 0 Å². The second kappa shape index (κ2) is 9.22. The van der Waals surface area contributed by atoms with Crippen LogP contribution in [0.15, 0.2) is 60.9 Å². The van der Waals surface area contributed by atoms with Crippen molar-refractivity contribution < 1.29 is 23.5 Å². The van der Waals surface area contributed by atoms with Crippen molar-refractivity contribution in [2.75, 3.05) is 0 Å². The SMILES string of the molecule is Cn1cc2c(-c3nn(C(F)F)cc3C(=O)NC(Cc3ccccc3)OON)cccc2n1. The predicted octanol–water partition coefficient (Wildman–Crippen LogP) is 2.95. The lowest BCUT2D eigenvalue weighted by molar-refractivity contribution is -0.332. The summed E-state index contributed by atoms with van der Waals surface area (Å²) in [5.74, 6) is 4.35. The normalized spacial score (nSPS) is 12.4. The van der Waals surface area contributed by atoms with Crippen LogP contribution in [0.3, 0.4) is 0 Å². The molecule has 0 fully saturated rings. The largest absolute Gasteiger partial charge is 0.333 e. The highest BCUT2D eigenvalue weighted by Crippen LogP contribution is 2.30. The number of halogens is 2. The van der Waals surface area contributed by atoms with E-state index in [2.05, 4.69) is 20.5 Å². The molecule has 0 saturated carbocycles. The third kappa shape index (κ3) is 4.49. The molecule has 0 saturated heterocycles. The Balaban J connectivity index is 1.69. The van der Waals surface area contributed by atoms with Crippen molar-refractivity contribution in [3.63, 3.8) is 0 Å². The molecule has 0 aliphatic carbocycles. The van der Waals surface area contributed by atoms with E-state index in [1.165, 1.54) is 0 Å². The summed E-state index contributed by atoms with van der Waals surface area (Å²) in [6, 6.07) is 14.4. The number of hydrogen-bond donors (Lipinski definition) is 2. The Kier molecular flexibility index (Phi) is 6.21. The summed E-state index contributed by atoms with van der Waals surface area (Å²) in [6.07, 6.45) is 2.00. The van der Waals surface area contributed by atoms with Crippen LogP contribution in [0.5, 0.6) is 0 Å². The molecule has 0 aliphatic rings. The minimum absolute atomic E-state index is 0.0552. The maximum atomic E-state index is 13.4. The summed E-state index contributed by atoms with van der Waals surface area (Å²) in [6.45, 7) is -2.92. The van der Waals surface area contributed by atoms with Crippen molar-refractivity contribution in [3.05, 3.63) is 72.1 Å². The van der Waals surface area contributed by atoms with E-state index < -0.39 is 18.7 Å². The quantitative estimate of drug-likeness (QED) is 0.247. The highest BCUT2D eigenvalue weighted by molar-refractivity contribution is 6.04. The standard InChI is InChI=1S/C21H20F2N6O3/c1-28-11-15-14(8-5-9-17(15)26-28)19-16(12-29(27-19)21(22)23)20(30)25-18(31-32-24)10-13-6-3-2-4-7-13/h2-9,11-12,18,21H,10,24H2,1H3,(H,25,30). The fourth-order valence-electron chi connectivity index (χ4n) is 3.45. The fourth-order valence-corrected chi connectivity index (χ4v) is 3.45. The molecule has 4 rings (SSSR count). The van der Waals surface area contributed by atoms with Crippen molar-refractivity contribution in [3.8, 4) is 11.3 Å². The highest BCUT2D eigenvalue weighted by Gasteiger charge is 2.25. The van der Waals surface area contributed by atoms with Crippen LogP contribution in [-0.2, 0) is 23.3 Å². The van der Waals surface area contributed by atoms with Gasteiger partial charge < -0.3 is 5.32 Å². The number of benzene rings is 2. The van der Waals surface area contributed by atoms with Gasteiger partial charge in [0, 0.05) is 36.8 Å². The molecular weight excluding hydrogens is 422 g/mol. The summed E-state index contributed by atoms with van der Waals surface area (Å²) >= 11 is 0. The van der Waals surface area contributed by atoms with Crippen LogP contribution >= 0.6 is 0 Å². The van der Waals surface area contributed by atoms with Crippen molar-refractivity contribution >= 4 is 16.8 Å². The monoisotopic (exact) mass is 442 g/mol. The van der Waals surface area contributed by atoms with Crippen molar-refractivity contribution in [2.45, 2.75) is 19.2 Å². The summed E-state index contributed by atoms with van der Waals surface area (Å²) in [4.78, 5) is 22.3. The topological polar surface area (TPSA) is 109 Å². The predicted molar refractivity (Wildman–Crippen MR) is 111 cm³/mol. The number of aryl methyl sites for hydroxylation is 1. The Hall–Kier alpha value is -3.67. The van der Waals surface area contributed by atoms with E-state index in [-0.39, 0.29) is 17.7 Å². The second-order valence-electron chi connectivity index (χ2n) is 7.03. The lowest BCUT2D eigenvalue weighted by Gasteiger charge is -2.16. The van der Waals surface area contributed by atoms with Crippen LogP contribution < -0.4 is 11.2 Å². The molecule has 2 aromatic carbocycles. The number of hydrogen-bond acceptors (Lipinski definition) is 6. The number of carbonyl (C=O) groups is 1. The van der Waals surface area contributed by atoms with Gasteiger partial charge in [0.25, 0.3) is 5.91 Å². The molecule has 0 spiro atoms. The third-order valence-electron chi connectivity index (χ3n) is 4.82. The van der Waals surface area contributed by atoms with Gasteiger partial charge in [0.2, 0.25) is 0 Å². The smallest absolute Gasteiger partial charge is 0.324 e. The first kappa shape index (κ1) is 21.6. The van der Waals surface area contributed by atoms with Gasteiger partial charge in [0.05, 0.1) is 11.1 Å². The summed E-state index contributed by atoms with van der Waals surface area (Å²) in [7, 11) is 1.74. The molecule has 11 heteroatoms. The number of fused-ring (bicyclic) bond motifs is 1. The van der Waals surface area contributed by atoms with Gasteiger partial charge in [0.1, 0.15) is 5.69 Å². The molecule has 2 heterocycles. The Labute approximate surface area is 181 Å². The summed E-state index contributed by atoms with van der Waals surface area (Å²) in [5, 5.41) is 11.6. The molecule has 1 atom stereocenters. The summed E-state index contributed by atoms with van der Waals surface area (Å²) < 4.78 is 28.9.